The van der Waals surface area contributed by atoms with E-state index in [1.54, 1.807) is 0 Å². The van der Waals surface area contributed by atoms with Crippen molar-refractivity contribution in [2.45, 2.75) is 30.1 Å². The zero-order valence-corrected chi connectivity index (χ0v) is 7.02. The first-order valence-corrected chi connectivity index (χ1v) is 5.09. The largest absolute Gasteiger partial charge is 0.146 e. The number of thioether (sulfide) groups is 2. The van der Waals surface area contributed by atoms with Gasteiger partial charge in [-0.3, -0.25) is 0 Å². The molecule has 1 saturated heterocycles. The van der Waals surface area contributed by atoms with E-state index in [1.165, 1.54) is 12.2 Å². The minimum Gasteiger partial charge on any atom is -0.146 e. The van der Waals surface area contributed by atoms with Crippen LogP contribution in [0, 0.1) is 0 Å². The van der Waals surface area contributed by atoms with Gasteiger partial charge in [-0.15, -0.1) is 23.5 Å². The van der Waals surface area contributed by atoms with E-state index in [-0.39, 0.29) is 0 Å². The van der Waals surface area contributed by atoms with Gasteiger partial charge in [0, 0.05) is 11.0 Å². The Kier molecular flexibility index (Phi) is 2.57. The lowest BCUT2D eigenvalue weighted by Crippen LogP contribution is -1.90. The van der Waals surface area contributed by atoms with E-state index in [2.05, 4.69) is 37.4 Å². The molecule has 0 N–H and O–H groups in total. The summed E-state index contributed by atoms with van der Waals surface area (Å²) in [6.07, 6.45) is 1.33. The highest BCUT2D eigenvalue weighted by Gasteiger charge is 2.19. The van der Waals surface area contributed by atoms with Gasteiger partial charge in [-0.1, -0.05) is 13.8 Å². The van der Waals surface area contributed by atoms with Crippen LogP contribution in [0.3, 0.4) is 0 Å². The van der Waals surface area contributed by atoms with Gasteiger partial charge < -0.3 is 0 Å². The van der Waals surface area contributed by atoms with Gasteiger partial charge in [0.15, 0.2) is 0 Å². The van der Waals surface area contributed by atoms with Crippen LogP contribution in [0.4, 0.5) is 0 Å². The standard InChI is InChI=1S/C6H12S2/c1-3-6-7-4-5(2)8-6/h5-6H,3-4H2,1-2H3/t5-,6+/m1/s1. The van der Waals surface area contributed by atoms with E-state index in [9.17, 15) is 0 Å². The first-order chi connectivity index (χ1) is 3.83. The summed E-state index contributed by atoms with van der Waals surface area (Å²) in [5.74, 6) is 1.36. The fourth-order valence-corrected chi connectivity index (χ4v) is 3.90. The molecule has 0 bridgehead atoms. The van der Waals surface area contributed by atoms with Crippen LogP contribution in [0.5, 0.6) is 0 Å². The second-order valence-corrected chi connectivity index (χ2v) is 5.30. The van der Waals surface area contributed by atoms with E-state index in [1.807, 2.05) is 0 Å². The molecule has 0 saturated carbocycles. The van der Waals surface area contributed by atoms with Crippen molar-refractivity contribution < 1.29 is 0 Å². The molecule has 0 aromatic heterocycles. The third-order valence-corrected chi connectivity index (χ3v) is 4.85. The summed E-state index contributed by atoms with van der Waals surface area (Å²) in [7, 11) is 0. The Hall–Kier alpha value is 0.700. The van der Waals surface area contributed by atoms with Crippen LogP contribution >= 0.6 is 23.5 Å². The van der Waals surface area contributed by atoms with Gasteiger partial charge in [-0.2, -0.15) is 0 Å². The molecule has 0 amide bonds. The Labute approximate surface area is 59.8 Å². The molecule has 0 nitrogen and oxygen atoms in total. The van der Waals surface area contributed by atoms with Crippen molar-refractivity contribution >= 4 is 23.5 Å². The fraction of sp³-hybridized carbons (Fsp3) is 1.00. The summed E-state index contributed by atoms with van der Waals surface area (Å²) in [5.41, 5.74) is 0. The van der Waals surface area contributed by atoms with Gasteiger partial charge in [0.25, 0.3) is 0 Å². The summed E-state index contributed by atoms with van der Waals surface area (Å²) < 4.78 is 0.907. The van der Waals surface area contributed by atoms with Crippen LogP contribution in [0.1, 0.15) is 20.3 Å². The normalized spacial score (nSPS) is 38.2. The molecule has 1 rings (SSSR count). The molecule has 1 aliphatic rings. The molecule has 8 heavy (non-hydrogen) atoms. The van der Waals surface area contributed by atoms with E-state index >= 15 is 0 Å². The maximum atomic E-state index is 2.31. The van der Waals surface area contributed by atoms with E-state index < -0.39 is 0 Å². The molecule has 0 unspecified atom stereocenters. The topological polar surface area (TPSA) is 0 Å². The number of rotatable bonds is 1. The van der Waals surface area contributed by atoms with Crippen LogP contribution in [0.25, 0.3) is 0 Å². The SMILES string of the molecule is CC[C@H]1SC[C@@H](C)S1. The predicted octanol–water partition coefficient (Wildman–Crippen LogP) is 2.59. The molecule has 1 heterocycles. The Balaban J connectivity index is 2.22. The molecule has 0 aromatic carbocycles. The summed E-state index contributed by atoms with van der Waals surface area (Å²) in [5, 5.41) is 0.907. The van der Waals surface area contributed by atoms with Crippen LogP contribution in [0.15, 0.2) is 0 Å². The summed E-state index contributed by atoms with van der Waals surface area (Å²) in [6, 6.07) is 0. The Bertz CT molecular complexity index is 72.9. The van der Waals surface area contributed by atoms with Crippen molar-refractivity contribution in [3.63, 3.8) is 0 Å². The minimum atomic E-state index is 0.907. The van der Waals surface area contributed by atoms with Gasteiger partial charge >= 0.3 is 0 Å². The van der Waals surface area contributed by atoms with E-state index in [0.29, 0.717) is 0 Å². The van der Waals surface area contributed by atoms with Crippen molar-refractivity contribution in [3.8, 4) is 0 Å². The third kappa shape index (κ3) is 1.59. The van der Waals surface area contributed by atoms with E-state index in [0.717, 1.165) is 9.83 Å². The van der Waals surface area contributed by atoms with E-state index in [4.69, 9.17) is 0 Å². The van der Waals surface area contributed by atoms with Crippen LogP contribution in [-0.2, 0) is 0 Å². The lowest BCUT2D eigenvalue weighted by Gasteiger charge is -2.01. The zero-order valence-electron chi connectivity index (χ0n) is 5.39. The van der Waals surface area contributed by atoms with Crippen molar-refractivity contribution in [2.24, 2.45) is 0 Å². The summed E-state index contributed by atoms with van der Waals surface area (Å²) in [6.45, 7) is 4.58. The smallest absolute Gasteiger partial charge is 0.0503 e. The number of hydrogen-bond donors (Lipinski definition) is 0. The average molecular weight is 148 g/mol. The maximum Gasteiger partial charge on any atom is 0.0503 e. The number of hydrogen-bond acceptors (Lipinski definition) is 2. The highest BCUT2D eigenvalue weighted by atomic mass is 32.2. The molecule has 1 fully saturated rings. The maximum absolute atomic E-state index is 2.31. The van der Waals surface area contributed by atoms with Crippen molar-refractivity contribution in [2.75, 3.05) is 5.75 Å². The predicted molar refractivity (Wildman–Crippen MR) is 43.6 cm³/mol. The quantitative estimate of drug-likeness (QED) is 0.560. The fourth-order valence-electron chi connectivity index (χ4n) is 0.795. The van der Waals surface area contributed by atoms with Gasteiger partial charge in [-0.05, 0) is 6.42 Å². The molecule has 0 spiro atoms. The highest BCUT2D eigenvalue weighted by molar-refractivity contribution is 8.20. The highest BCUT2D eigenvalue weighted by Crippen LogP contribution is 2.38. The molecule has 0 radical (unpaired) electrons. The molecule has 2 atom stereocenters. The Morgan fingerprint density at radius 2 is 2.38 bits per heavy atom. The molecule has 48 valence electrons. The Morgan fingerprint density at radius 3 is 2.62 bits per heavy atom. The second-order valence-electron chi connectivity index (χ2n) is 2.12. The summed E-state index contributed by atoms with van der Waals surface area (Å²) >= 11 is 4.24. The molecule has 2 heteroatoms. The third-order valence-electron chi connectivity index (χ3n) is 1.23. The van der Waals surface area contributed by atoms with Crippen molar-refractivity contribution in [3.05, 3.63) is 0 Å². The van der Waals surface area contributed by atoms with Crippen molar-refractivity contribution in [1.82, 2.24) is 0 Å². The van der Waals surface area contributed by atoms with Crippen LogP contribution in [-0.4, -0.2) is 15.6 Å². The summed E-state index contributed by atoms with van der Waals surface area (Å²) in [4.78, 5) is 0. The van der Waals surface area contributed by atoms with Crippen LogP contribution < -0.4 is 0 Å². The molecule has 0 aliphatic carbocycles. The van der Waals surface area contributed by atoms with Gasteiger partial charge in [0.1, 0.15) is 0 Å². The second kappa shape index (κ2) is 3.02. The minimum absolute atomic E-state index is 0.907. The first-order valence-electron chi connectivity index (χ1n) is 3.10. The first kappa shape index (κ1) is 6.81. The molecular formula is C6H12S2. The monoisotopic (exact) mass is 148 g/mol. The lowest BCUT2D eigenvalue weighted by atomic mass is 10.6. The molecule has 0 aromatic rings. The average Bonchev–Trinajstić information content (AvgIpc) is 2.14. The lowest BCUT2D eigenvalue weighted by molar-refractivity contribution is 1.06. The van der Waals surface area contributed by atoms with Gasteiger partial charge in [-0.25, -0.2) is 0 Å². The van der Waals surface area contributed by atoms with Gasteiger partial charge in [0.2, 0.25) is 0 Å². The van der Waals surface area contributed by atoms with Crippen LogP contribution in [0.2, 0.25) is 0 Å². The Morgan fingerprint density at radius 1 is 1.62 bits per heavy atom. The van der Waals surface area contributed by atoms with Gasteiger partial charge in [0.05, 0.1) is 4.58 Å². The zero-order chi connectivity index (χ0) is 5.98. The molecule has 1 aliphatic heterocycles. The molecular weight excluding hydrogens is 136 g/mol. The van der Waals surface area contributed by atoms with Crippen molar-refractivity contribution in [1.29, 1.82) is 0 Å².